The molecule has 0 unspecified atom stereocenters. The number of aryl methyl sites for hydroxylation is 1. The van der Waals surface area contributed by atoms with Gasteiger partial charge in [-0.3, -0.25) is 4.79 Å². The number of hydrogen-bond acceptors (Lipinski definition) is 3. The SMILES string of the molecule is Cn1cccc(-n2ncc3cc(O)ccc32)c1=O. The van der Waals surface area contributed by atoms with Crippen LogP contribution < -0.4 is 5.56 Å². The molecule has 18 heavy (non-hydrogen) atoms. The van der Waals surface area contributed by atoms with E-state index in [-0.39, 0.29) is 11.3 Å². The summed E-state index contributed by atoms with van der Waals surface area (Å²) in [4.78, 5) is 12.0. The van der Waals surface area contributed by atoms with Crippen molar-refractivity contribution in [2.75, 3.05) is 0 Å². The van der Waals surface area contributed by atoms with E-state index in [1.165, 1.54) is 4.57 Å². The second-order valence-corrected chi connectivity index (χ2v) is 4.11. The largest absolute Gasteiger partial charge is 0.508 e. The summed E-state index contributed by atoms with van der Waals surface area (Å²) in [6, 6.07) is 8.45. The average Bonchev–Trinajstić information content (AvgIpc) is 2.75. The van der Waals surface area contributed by atoms with E-state index in [0.29, 0.717) is 5.69 Å². The van der Waals surface area contributed by atoms with Crippen LogP contribution in [0.25, 0.3) is 16.6 Å². The van der Waals surface area contributed by atoms with Gasteiger partial charge in [-0.25, -0.2) is 4.68 Å². The maximum atomic E-state index is 12.0. The first-order chi connectivity index (χ1) is 8.66. The first kappa shape index (κ1) is 10.6. The standard InChI is InChI=1S/C13H11N3O2/c1-15-6-2-3-12(13(15)18)16-11-5-4-10(17)7-9(11)8-14-16/h2-8,17H,1H3. The molecule has 0 saturated heterocycles. The van der Waals surface area contributed by atoms with Crippen molar-refractivity contribution in [1.29, 1.82) is 0 Å². The molecule has 90 valence electrons. The second-order valence-electron chi connectivity index (χ2n) is 4.11. The summed E-state index contributed by atoms with van der Waals surface area (Å²) in [7, 11) is 1.70. The summed E-state index contributed by atoms with van der Waals surface area (Å²) in [5, 5.41) is 14.4. The third-order valence-electron chi connectivity index (χ3n) is 2.88. The quantitative estimate of drug-likeness (QED) is 0.701. The summed E-state index contributed by atoms with van der Waals surface area (Å²) in [6.07, 6.45) is 3.32. The number of phenols is 1. The van der Waals surface area contributed by atoms with Crippen molar-refractivity contribution in [3.05, 3.63) is 53.1 Å². The molecular formula is C13H11N3O2. The Bertz CT molecular complexity index is 786. The fraction of sp³-hybridized carbons (Fsp3) is 0.0769. The molecule has 0 amide bonds. The van der Waals surface area contributed by atoms with Crippen LogP contribution in [0.5, 0.6) is 5.75 Å². The minimum absolute atomic E-state index is 0.115. The molecule has 0 spiro atoms. The van der Waals surface area contributed by atoms with Crippen LogP contribution in [0.3, 0.4) is 0 Å². The minimum atomic E-state index is -0.115. The molecule has 3 aromatic rings. The van der Waals surface area contributed by atoms with Crippen molar-refractivity contribution in [2.45, 2.75) is 0 Å². The maximum Gasteiger partial charge on any atom is 0.276 e. The van der Waals surface area contributed by atoms with E-state index in [9.17, 15) is 9.90 Å². The highest BCUT2D eigenvalue weighted by atomic mass is 16.3. The molecule has 0 saturated carbocycles. The Morgan fingerprint density at radius 3 is 2.94 bits per heavy atom. The molecule has 0 atom stereocenters. The van der Waals surface area contributed by atoms with E-state index in [1.54, 1.807) is 54.5 Å². The third-order valence-corrected chi connectivity index (χ3v) is 2.88. The molecule has 2 aromatic heterocycles. The molecule has 1 aromatic carbocycles. The molecule has 0 aliphatic carbocycles. The van der Waals surface area contributed by atoms with Gasteiger partial charge in [0.1, 0.15) is 11.4 Å². The monoisotopic (exact) mass is 241 g/mol. The predicted molar refractivity (Wildman–Crippen MR) is 68.0 cm³/mol. The van der Waals surface area contributed by atoms with E-state index in [0.717, 1.165) is 10.9 Å². The maximum absolute atomic E-state index is 12.0. The first-order valence-corrected chi connectivity index (χ1v) is 5.49. The Balaban J connectivity index is 2.32. The van der Waals surface area contributed by atoms with Gasteiger partial charge in [0.15, 0.2) is 0 Å². The van der Waals surface area contributed by atoms with Gasteiger partial charge in [0.05, 0.1) is 11.7 Å². The number of fused-ring (bicyclic) bond motifs is 1. The van der Waals surface area contributed by atoms with Crippen LogP contribution in [-0.2, 0) is 7.05 Å². The Morgan fingerprint density at radius 2 is 2.11 bits per heavy atom. The Morgan fingerprint density at radius 1 is 1.28 bits per heavy atom. The number of rotatable bonds is 1. The van der Waals surface area contributed by atoms with Crippen molar-refractivity contribution in [1.82, 2.24) is 14.3 Å². The van der Waals surface area contributed by atoms with Crippen LogP contribution in [0.2, 0.25) is 0 Å². The van der Waals surface area contributed by atoms with Crippen molar-refractivity contribution in [3.8, 4) is 11.4 Å². The minimum Gasteiger partial charge on any atom is -0.508 e. The molecule has 0 fully saturated rings. The smallest absolute Gasteiger partial charge is 0.276 e. The molecule has 3 rings (SSSR count). The lowest BCUT2D eigenvalue weighted by Crippen LogP contribution is -2.21. The molecular weight excluding hydrogens is 230 g/mol. The van der Waals surface area contributed by atoms with Gasteiger partial charge in [0.25, 0.3) is 5.56 Å². The predicted octanol–water partition coefficient (Wildman–Crippen LogP) is 1.43. The van der Waals surface area contributed by atoms with Crippen LogP contribution in [0.4, 0.5) is 0 Å². The van der Waals surface area contributed by atoms with Crippen molar-refractivity contribution in [3.63, 3.8) is 0 Å². The van der Waals surface area contributed by atoms with Crippen LogP contribution in [0.15, 0.2) is 47.5 Å². The first-order valence-electron chi connectivity index (χ1n) is 5.49. The molecule has 0 radical (unpaired) electrons. The fourth-order valence-electron chi connectivity index (χ4n) is 1.96. The Labute approximate surface area is 103 Å². The number of phenolic OH excluding ortho intramolecular Hbond substituents is 1. The van der Waals surface area contributed by atoms with Crippen LogP contribution in [0, 0.1) is 0 Å². The highest BCUT2D eigenvalue weighted by molar-refractivity contribution is 5.81. The van der Waals surface area contributed by atoms with Crippen molar-refractivity contribution < 1.29 is 5.11 Å². The number of benzene rings is 1. The molecule has 0 aliphatic heterocycles. The van der Waals surface area contributed by atoms with E-state index in [4.69, 9.17) is 0 Å². The highest BCUT2D eigenvalue weighted by Crippen LogP contribution is 2.20. The number of aromatic nitrogens is 3. The van der Waals surface area contributed by atoms with Crippen LogP contribution >= 0.6 is 0 Å². The van der Waals surface area contributed by atoms with E-state index < -0.39 is 0 Å². The molecule has 0 aliphatic rings. The van der Waals surface area contributed by atoms with Crippen molar-refractivity contribution in [2.24, 2.45) is 7.05 Å². The zero-order valence-corrected chi connectivity index (χ0v) is 9.74. The number of pyridine rings is 1. The Hall–Kier alpha value is -2.56. The Kier molecular flexibility index (Phi) is 2.19. The van der Waals surface area contributed by atoms with Gasteiger partial charge in [-0.15, -0.1) is 0 Å². The fourth-order valence-corrected chi connectivity index (χ4v) is 1.96. The number of aromatic hydroxyl groups is 1. The van der Waals surface area contributed by atoms with Crippen LogP contribution in [0.1, 0.15) is 0 Å². The lowest BCUT2D eigenvalue weighted by atomic mass is 10.2. The normalized spacial score (nSPS) is 10.9. The summed E-state index contributed by atoms with van der Waals surface area (Å²) >= 11 is 0. The van der Waals surface area contributed by atoms with Gasteiger partial charge in [0.2, 0.25) is 0 Å². The van der Waals surface area contributed by atoms with E-state index >= 15 is 0 Å². The number of hydrogen-bond donors (Lipinski definition) is 1. The van der Waals surface area contributed by atoms with Gasteiger partial charge in [-0.05, 0) is 30.3 Å². The highest BCUT2D eigenvalue weighted by Gasteiger charge is 2.09. The molecule has 0 bridgehead atoms. The van der Waals surface area contributed by atoms with Gasteiger partial charge in [-0.2, -0.15) is 5.10 Å². The molecule has 5 nitrogen and oxygen atoms in total. The topological polar surface area (TPSA) is 60.1 Å². The third kappa shape index (κ3) is 1.48. The van der Waals surface area contributed by atoms with Crippen LogP contribution in [-0.4, -0.2) is 19.5 Å². The van der Waals surface area contributed by atoms with Gasteiger partial charge >= 0.3 is 0 Å². The van der Waals surface area contributed by atoms with Crippen molar-refractivity contribution >= 4 is 10.9 Å². The molecule has 1 N–H and O–H groups in total. The average molecular weight is 241 g/mol. The zero-order valence-electron chi connectivity index (χ0n) is 9.74. The van der Waals surface area contributed by atoms with Gasteiger partial charge < -0.3 is 9.67 Å². The van der Waals surface area contributed by atoms with E-state index in [2.05, 4.69) is 5.10 Å². The van der Waals surface area contributed by atoms with Gasteiger partial charge in [0, 0.05) is 18.6 Å². The molecule has 5 heteroatoms. The second kappa shape index (κ2) is 3.73. The summed E-state index contributed by atoms with van der Waals surface area (Å²) < 4.78 is 3.08. The molecule has 2 heterocycles. The summed E-state index contributed by atoms with van der Waals surface area (Å²) in [5.74, 6) is 0.183. The lowest BCUT2D eigenvalue weighted by molar-refractivity contribution is 0.476. The summed E-state index contributed by atoms with van der Waals surface area (Å²) in [5.41, 5.74) is 1.16. The number of nitrogens with zero attached hydrogens (tertiary/aromatic N) is 3. The summed E-state index contributed by atoms with van der Waals surface area (Å²) in [6.45, 7) is 0. The van der Waals surface area contributed by atoms with E-state index in [1.807, 2.05) is 0 Å². The lowest BCUT2D eigenvalue weighted by Gasteiger charge is -2.04. The van der Waals surface area contributed by atoms with Gasteiger partial charge in [-0.1, -0.05) is 0 Å². The zero-order chi connectivity index (χ0) is 12.7.